The van der Waals surface area contributed by atoms with E-state index in [1.165, 1.54) is 0 Å². The fourth-order valence-corrected chi connectivity index (χ4v) is 2.05. The van der Waals surface area contributed by atoms with Crippen LogP contribution in [0.15, 0.2) is 0 Å². The summed E-state index contributed by atoms with van der Waals surface area (Å²) in [6.07, 6.45) is 1.28. The van der Waals surface area contributed by atoms with Crippen LogP contribution in [0, 0.1) is 5.92 Å². The van der Waals surface area contributed by atoms with Crippen LogP contribution in [0.4, 0.5) is 0 Å². The van der Waals surface area contributed by atoms with E-state index < -0.39 is 22.0 Å². The standard InChI is InChI=1S/C11H22O4S/c1-9(2)5-7-15-11(13)10(3)16(14)8-4-6-12/h9-10,12H,4-8H2,1-3H3. The van der Waals surface area contributed by atoms with Crippen LogP contribution >= 0.6 is 0 Å². The summed E-state index contributed by atoms with van der Waals surface area (Å²) in [5, 5.41) is 7.99. The molecule has 0 radical (unpaired) electrons. The summed E-state index contributed by atoms with van der Waals surface area (Å²) in [6, 6.07) is 0. The van der Waals surface area contributed by atoms with Crippen molar-refractivity contribution < 1.29 is 18.8 Å². The predicted octanol–water partition coefficient (Wildman–Crippen LogP) is 1.10. The normalized spacial score (nSPS) is 14.8. The molecule has 0 spiro atoms. The van der Waals surface area contributed by atoms with Crippen molar-refractivity contribution in [2.24, 2.45) is 5.92 Å². The van der Waals surface area contributed by atoms with Gasteiger partial charge in [-0.1, -0.05) is 13.8 Å². The lowest BCUT2D eigenvalue weighted by Gasteiger charge is -2.11. The zero-order valence-electron chi connectivity index (χ0n) is 10.3. The van der Waals surface area contributed by atoms with E-state index in [9.17, 15) is 9.00 Å². The van der Waals surface area contributed by atoms with Gasteiger partial charge in [-0.15, -0.1) is 0 Å². The number of rotatable bonds is 8. The Labute approximate surface area is 99.8 Å². The summed E-state index contributed by atoms with van der Waals surface area (Å²) in [5.74, 6) is 0.427. The molecule has 0 saturated carbocycles. The maximum Gasteiger partial charge on any atom is 0.321 e. The Morgan fingerprint density at radius 3 is 2.50 bits per heavy atom. The number of hydrogen-bond acceptors (Lipinski definition) is 4. The number of aliphatic hydroxyl groups excluding tert-OH is 1. The van der Waals surface area contributed by atoms with Gasteiger partial charge in [-0.2, -0.15) is 0 Å². The number of hydrogen-bond donors (Lipinski definition) is 1. The van der Waals surface area contributed by atoms with Crippen molar-refractivity contribution in [3.63, 3.8) is 0 Å². The summed E-state index contributed by atoms with van der Waals surface area (Å²) >= 11 is 0. The second-order valence-electron chi connectivity index (χ2n) is 4.15. The molecule has 1 N–H and O–H groups in total. The van der Waals surface area contributed by atoms with Crippen molar-refractivity contribution in [1.82, 2.24) is 0 Å². The molecule has 16 heavy (non-hydrogen) atoms. The number of ether oxygens (including phenoxy) is 1. The van der Waals surface area contributed by atoms with E-state index in [4.69, 9.17) is 9.84 Å². The summed E-state index contributed by atoms with van der Waals surface area (Å²) in [4.78, 5) is 11.5. The van der Waals surface area contributed by atoms with Gasteiger partial charge < -0.3 is 9.84 Å². The highest BCUT2D eigenvalue weighted by atomic mass is 32.2. The van der Waals surface area contributed by atoms with Gasteiger partial charge in [-0.05, 0) is 25.7 Å². The van der Waals surface area contributed by atoms with E-state index in [0.29, 0.717) is 24.7 Å². The summed E-state index contributed by atoms with van der Waals surface area (Å²) < 4.78 is 16.6. The third-order valence-corrected chi connectivity index (χ3v) is 3.84. The molecule has 96 valence electrons. The van der Waals surface area contributed by atoms with Crippen molar-refractivity contribution in [3.8, 4) is 0 Å². The molecule has 5 heteroatoms. The molecule has 0 heterocycles. The van der Waals surface area contributed by atoms with Gasteiger partial charge in [0.25, 0.3) is 0 Å². The van der Waals surface area contributed by atoms with E-state index in [-0.39, 0.29) is 6.61 Å². The first-order valence-corrected chi connectivity index (χ1v) is 7.02. The lowest BCUT2D eigenvalue weighted by molar-refractivity contribution is -0.143. The monoisotopic (exact) mass is 250 g/mol. The fourth-order valence-electron chi connectivity index (χ4n) is 1.00. The SMILES string of the molecule is CC(C)CCOC(=O)C(C)S(=O)CCCO. The second-order valence-corrected chi connectivity index (χ2v) is 6.03. The lowest BCUT2D eigenvalue weighted by Crippen LogP contribution is -2.27. The Bertz CT molecular complexity index is 228. The molecule has 0 bridgehead atoms. The van der Waals surface area contributed by atoms with Gasteiger partial charge >= 0.3 is 5.97 Å². The third-order valence-electron chi connectivity index (χ3n) is 2.17. The van der Waals surface area contributed by atoms with Crippen molar-refractivity contribution in [2.75, 3.05) is 19.0 Å². The van der Waals surface area contributed by atoms with Gasteiger partial charge in [0.05, 0.1) is 6.61 Å². The Hall–Kier alpha value is -0.420. The molecular formula is C11H22O4S. The first-order valence-electron chi connectivity index (χ1n) is 5.63. The Morgan fingerprint density at radius 2 is 2.00 bits per heavy atom. The molecule has 0 aromatic rings. The van der Waals surface area contributed by atoms with Gasteiger partial charge in [0.15, 0.2) is 0 Å². The number of esters is 1. The van der Waals surface area contributed by atoms with Gasteiger partial charge in [0, 0.05) is 23.2 Å². The minimum atomic E-state index is -1.24. The molecule has 0 aliphatic rings. The molecule has 2 unspecified atom stereocenters. The molecular weight excluding hydrogens is 228 g/mol. The second kappa shape index (κ2) is 8.70. The zero-order valence-corrected chi connectivity index (χ0v) is 11.1. The quantitative estimate of drug-likeness (QED) is 0.655. The molecule has 0 saturated heterocycles. The summed E-state index contributed by atoms with van der Waals surface area (Å²) in [7, 11) is -1.24. The van der Waals surface area contributed by atoms with Crippen LogP contribution in [0.2, 0.25) is 0 Å². The van der Waals surface area contributed by atoms with Crippen LogP contribution in [0.25, 0.3) is 0 Å². The van der Waals surface area contributed by atoms with Crippen LogP contribution in [0.1, 0.15) is 33.6 Å². The first kappa shape index (κ1) is 15.6. The number of carbonyl (C=O) groups excluding carboxylic acids is 1. The smallest absolute Gasteiger partial charge is 0.321 e. The first-order chi connectivity index (χ1) is 7.49. The Morgan fingerprint density at radius 1 is 1.38 bits per heavy atom. The number of aliphatic hydroxyl groups is 1. The average Bonchev–Trinajstić information content (AvgIpc) is 2.24. The van der Waals surface area contributed by atoms with Crippen LogP contribution < -0.4 is 0 Å². The Kier molecular flexibility index (Phi) is 8.47. The van der Waals surface area contributed by atoms with E-state index in [1.54, 1.807) is 6.92 Å². The number of carbonyl (C=O) groups is 1. The summed E-state index contributed by atoms with van der Waals surface area (Å²) in [6.45, 7) is 6.09. The molecule has 2 atom stereocenters. The maximum absolute atomic E-state index is 11.5. The van der Waals surface area contributed by atoms with E-state index >= 15 is 0 Å². The maximum atomic E-state index is 11.5. The fraction of sp³-hybridized carbons (Fsp3) is 0.909. The van der Waals surface area contributed by atoms with Crippen LogP contribution in [-0.2, 0) is 20.3 Å². The predicted molar refractivity (Wildman–Crippen MR) is 64.6 cm³/mol. The van der Waals surface area contributed by atoms with Crippen molar-refractivity contribution >= 4 is 16.8 Å². The molecule has 0 aromatic carbocycles. The molecule has 0 aliphatic heterocycles. The molecule has 0 aliphatic carbocycles. The van der Waals surface area contributed by atoms with Crippen LogP contribution in [0.3, 0.4) is 0 Å². The van der Waals surface area contributed by atoms with E-state index in [2.05, 4.69) is 13.8 Å². The molecule has 0 rings (SSSR count). The van der Waals surface area contributed by atoms with Crippen molar-refractivity contribution in [2.45, 2.75) is 38.9 Å². The average molecular weight is 250 g/mol. The van der Waals surface area contributed by atoms with E-state index in [1.807, 2.05) is 0 Å². The minimum Gasteiger partial charge on any atom is -0.465 e. The largest absolute Gasteiger partial charge is 0.465 e. The lowest BCUT2D eigenvalue weighted by atomic mass is 10.1. The minimum absolute atomic E-state index is 0.000850. The highest BCUT2D eigenvalue weighted by molar-refractivity contribution is 7.86. The highest BCUT2D eigenvalue weighted by Crippen LogP contribution is 2.04. The van der Waals surface area contributed by atoms with Gasteiger partial charge in [-0.25, -0.2) is 0 Å². The van der Waals surface area contributed by atoms with Crippen LogP contribution in [-0.4, -0.2) is 39.5 Å². The molecule has 4 nitrogen and oxygen atoms in total. The van der Waals surface area contributed by atoms with Crippen LogP contribution in [0.5, 0.6) is 0 Å². The van der Waals surface area contributed by atoms with Gasteiger partial charge in [0.1, 0.15) is 5.25 Å². The molecule has 0 aromatic heterocycles. The van der Waals surface area contributed by atoms with Crippen molar-refractivity contribution in [3.05, 3.63) is 0 Å². The van der Waals surface area contributed by atoms with Gasteiger partial charge in [0.2, 0.25) is 0 Å². The third kappa shape index (κ3) is 6.95. The van der Waals surface area contributed by atoms with Gasteiger partial charge in [-0.3, -0.25) is 9.00 Å². The highest BCUT2D eigenvalue weighted by Gasteiger charge is 2.20. The zero-order chi connectivity index (χ0) is 12.6. The Balaban J connectivity index is 3.84. The van der Waals surface area contributed by atoms with E-state index in [0.717, 1.165) is 6.42 Å². The molecule has 0 amide bonds. The molecule has 0 fully saturated rings. The van der Waals surface area contributed by atoms with Crippen molar-refractivity contribution in [1.29, 1.82) is 0 Å². The summed E-state index contributed by atoms with van der Waals surface area (Å²) in [5.41, 5.74) is 0. The topological polar surface area (TPSA) is 63.6 Å².